The number of aryl methyl sites for hydroxylation is 1. The monoisotopic (exact) mass is 519 g/mol. The third kappa shape index (κ3) is 5.83. The van der Waals surface area contributed by atoms with E-state index in [0.717, 1.165) is 46.3 Å². The van der Waals surface area contributed by atoms with Crippen LogP contribution in [0, 0.1) is 5.82 Å². The lowest BCUT2D eigenvalue weighted by Crippen LogP contribution is -2.41. The summed E-state index contributed by atoms with van der Waals surface area (Å²) >= 11 is 0. The van der Waals surface area contributed by atoms with Gasteiger partial charge in [-0.1, -0.05) is 30.4 Å². The third-order valence-electron chi connectivity index (χ3n) is 5.64. The van der Waals surface area contributed by atoms with Crippen molar-refractivity contribution in [3.05, 3.63) is 102 Å². The van der Waals surface area contributed by atoms with Crippen LogP contribution < -0.4 is 4.74 Å². The summed E-state index contributed by atoms with van der Waals surface area (Å²) in [6.07, 6.45) is -0.938. The molecule has 0 aliphatic carbocycles. The van der Waals surface area contributed by atoms with Crippen LogP contribution in [0.4, 0.5) is 17.6 Å². The first-order valence-corrected chi connectivity index (χ1v) is 12.4. The zero-order chi connectivity index (χ0) is 25.9. The summed E-state index contributed by atoms with van der Waals surface area (Å²) in [5, 5.41) is 0. The smallest absolute Gasteiger partial charge is 0.416 e. The normalized spacial score (nSPS) is 16.3. The molecule has 0 saturated carbocycles. The molecule has 0 unspecified atom stereocenters. The standard InChI is InChI=1S/C26H21F4NO4S/c27-20-9-13-23(14-10-20)36(33,34)31-16-2-5-24(31)25(32)15-8-18-6-11-21(12-7-18)35-22-4-1-3-19(17-22)26(28,29)30/h1-7,9-14,17,24H,8,15-16H2/t24-/m0/s1. The first-order chi connectivity index (χ1) is 17.0. The van der Waals surface area contributed by atoms with Gasteiger partial charge in [0.2, 0.25) is 10.0 Å². The van der Waals surface area contributed by atoms with E-state index in [9.17, 15) is 30.8 Å². The van der Waals surface area contributed by atoms with E-state index in [2.05, 4.69) is 0 Å². The molecule has 0 radical (unpaired) electrons. The summed E-state index contributed by atoms with van der Waals surface area (Å²) in [5.41, 5.74) is -0.0405. The predicted molar refractivity (Wildman–Crippen MR) is 125 cm³/mol. The first-order valence-electron chi connectivity index (χ1n) is 10.9. The Labute approximate surface area is 205 Å². The van der Waals surface area contributed by atoms with E-state index in [-0.39, 0.29) is 29.4 Å². The van der Waals surface area contributed by atoms with Gasteiger partial charge in [-0.05, 0) is 66.6 Å². The maximum atomic E-state index is 13.2. The van der Waals surface area contributed by atoms with Gasteiger partial charge in [0, 0.05) is 13.0 Å². The van der Waals surface area contributed by atoms with E-state index in [0.29, 0.717) is 12.2 Å². The second kappa shape index (κ2) is 10.2. The quantitative estimate of drug-likeness (QED) is 0.280. The predicted octanol–water partition coefficient (Wildman–Crippen LogP) is 5.77. The molecule has 36 heavy (non-hydrogen) atoms. The number of rotatable bonds is 8. The topological polar surface area (TPSA) is 63.7 Å². The van der Waals surface area contributed by atoms with Gasteiger partial charge < -0.3 is 4.74 Å². The van der Waals surface area contributed by atoms with Crippen molar-refractivity contribution < 1.29 is 35.5 Å². The average molecular weight is 520 g/mol. The number of sulfonamides is 1. The van der Waals surface area contributed by atoms with Crippen molar-refractivity contribution in [3.63, 3.8) is 0 Å². The molecule has 0 N–H and O–H groups in total. The van der Waals surface area contributed by atoms with Crippen LogP contribution in [0.25, 0.3) is 0 Å². The molecule has 3 aromatic carbocycles. The lowest BCUT2D eigenvalue weighted by molar-refractivity contribution is -0.137. The maximum Gasteiger partial charge on any atom is 0.416 e. The van der Waals surface area contributed by atoms with Crippen LogP contribution in [0.3, 0.4) is 0 Å². The Morgan fingerprint density at radius 1 is 0.972 bits per heavy atom. The van der Waals surface area contributed by atoms with Crippen molar-refractivity contribution in [2.24, 2.45) is 0 Å². The summed E-state index contributed by atoms with van der Waals surface area (Å²) in [4.78, 5) is 12.8. The van der Waals surface area contributed by atoms with Gasteiger partial charge >= 0.3 is 6.18 Å². The van der Waals surface area contributed by atoms with Crippen molar-refractivity contribution in [2.75, 3.05) is 6.54 Å². The Balaban J connectivity index is 1.37. The number of carbonyl (C=O) groups is 1. The summed E-state index contributed by atoms with van der Waals surface area (Å²) in [7, 11) is -3.98. The maximum absolute atomic E-state index is 13.2. The van der Waals surface area contributed by atoms with E-state index in [1.165, 1.54) is 18.2 Å². The van der Waals surface area contributed by atoms with Crippen LogP contribution in [-0.2, 0) is 27.4 Å². The highest BCUT2D eigenvalue weighted by Crippen LogP contribution is 2.33. The molecule has 0 amide bonds. The molecule has 3 aromatic rings. The Morgan fingerprint density at radius 2 is 1.67 bits per heavy atom. The second-order valence-corrected chi connectivity index (χ2v) is 10.0. The molecule has 0 fully saturated rings. The van der Waals surface area contributed by atoms with Gasteiger partial charge in [0.25, 0.3) is 0 Å². The molecule has 1 aliphatic heterocycles. The molecule has 0 bridgehead atoms. The number of alkyl halides is 3. The van der Waals surface area contributed by atoms with Gasteiger partial charge in [0.1, 0.15) is 23.4 Å². The molecule has 5 nitrogen and oxygen atoms in total. The molecule has 188 valence electrons. The lowest BCUT2D eigenvalue weighted by atomic mass is 10.0. The van der Waals surface area contributed by atoms with Gasteiger partial charge in [-0.2, -0.15) is 17.5 Å². The van der Waals surface area contributed by atoms with Crippen molar-refractivity contribution in [1.82, 2.24) is 4.31 Å². The minimum absolute atomic E-state index is 0.0394. The molecule has 1 atom stereocenters. The third-order valence-corrected chi connectivity index (χ3v) is 7.51. The number of hydrogen-bond donors (Lipinski definition) is 0. The van der Waals surface area contributed by atoms with Gasteiger partial charge in [0.05, 0.1) is 10.5 Å². The molecule has 0 aromatic heterocycles. The summed E-state index contributed by atoms with van der Waals surface area (Å²) < 4.78 is 84.3. The van der Waals surface area contributed by atoms with Crippen LogP contribution in [-0.4, -0.2) is 31.1 Å². The fourth-order valence-corrected chi connectivity index (χ4v) is 5.29. The molecule has 0 spiro atoms. The number of benzene rings is 3. The second-order valence-electron chi connectivity index (χ2n) is 8.14. The number of ketones is 1. The number of nitrogens with zero attached hydrogens (tertiary/aromatic N) is 1. The van der Waals surface area contributed by atoms with Crippen molar-refractivity contribution >= 4 is 15.8 Å². The molecule has 1 heterocycles. The van der Waals surface area contributed by atoms with Crippen LogP contribution >= 0.6 is 0 Å². The van der Waals surface area contributed by atoms with Gasteiger partial charge in [0.15, 0.2) is 5.78 Å². The fraction of sp³-hybridized carbons (Fsp3) is 0.192. The summed E-state index contributed by atoms with van der Waals surface area (Å²) in [6, 6.07) is 14.6. The average Bonchev–Trinajstić information content (AvgIpc) is 3.35. The van der Waals surface area contributed by atoms with Crippen LogP contribution in [0.1, 0.15) is 17.5 Å². The fourth-order valence-electron chi connectivity index (χ4n) is 3.77. The molecule has 4 rings (SSSR count). The van der Waals surface area contributed by atoms with E-state index in [1.807, 2.05) is 0 Å². The lowest BCUT2D eigenvalue weighted by Gasteiger charge is -2.23. The van der Waals surface area contributed by atoms with Crippen molar-refractivity contribution in [3.8, 4) is 11.5 Å². The molecule has 0 saturated heterocycles. The summed E-state index contributed by atoms with van der Waals surface area (Å²) in [6.45, 7) is 0.0394. The van der Waals surface area contributed by atoms with Gasteiger partial charge in [-0.15, -0.1) is 0 Å². The minimum Gasteiger partial charge on any atom is -0.457 e. The number of ether oxygens (including phenoxy) is 1. The molecular formula is C26H21F4NO4S. The van der Waals surface area contributed by atoms with Crippen LogP contribution in [0.15, 0.2) is 89.8 Å². The molecule has 10 heteroatoms. The minimum atomic E-state index is -4.47. The zero-order valence-electron chi connectivity index (χ0n) is 18.8. The highest BCUT2D eigenvalue weighted by atomic mass is 32.2. The van der Waals surface area contributed by atoms with E-state index >= 15 is 0 Å². The van der Waals surface area contributed by atoms with Gasteiger partial charge in [-0.25, -0.2) is 12.8 Å². The number of carbonyl (C=O) groups excluding carboxylic acids is 1. The number of halogens is 4. The highest BCUT2D eigenvalue weighted by Gasteiger charge is 2.36. The highest BCUT2D eigenvalue weighted by molar-refractivity contribution is 7.89. The van der Waals surface area contributed by atoms with E-state index in [1.54, 1.807) is 30.3 Å². The zero-order valence-corrected chi connectivity index (χ0v) is 19.6. The van der Waals surface area contributed by atoms with Crippen LogP contribution in [0.5, 0.6) is 11.5 Å². The number of Topliss-reactive ketones (excluding diaryl/α,β-unsaturated/α-hetero) is 1. The Hall–Kier alpha value is -3.50. The van der Waals surface area contributed by atoms with Crippen LogP contribution in [0.2, 0.25) is 0 Å². The Bertz CT molecular complexity index is 1370. The summed E-state index contributed by atoms with van der Waals surface area (Å²) in [5.74, 6) is -0.478. The van der Waals surface area contributed by atoms with E-state index in [4.69, 9.17) is 4.74 Å². The number of hydrogen-bond acceptors (Lipinski definition) is 4. The largest absolute Gasteiger partial charge is 0.457 e. The Morgan fingerprint density at radius 3 is 2.33 bits per heavy atom. The first kappa shape index (κ1) is 25.6. The molecule has 1 aliphatic rings. The van der Waals surface area contributed by atoms with Gasteiger partial charge in [-0.3, -0.25) is 4.79 Å². The molecular weight excluding hydrogens is 498 g/mol. The van der Waals surface area contributed by atoms with E-state index < -0.39 is 33.6 Å². The van der Waals surface area contributed by atoms with Crippen molar-refractivity contribution in [2.45, 2.75) is 30.0 Å². The van der Waals surface area contributed by atoms with Crippen molar-refractivity contribution in [1.29, 1.82) is 0 Å². The Kier molecular flexibility index (Phi) is 7.28. The SMILES string of the molecule is O=C(CCc1ccc(Oc2cccc(C(F)(F)F)c2)cc1)[C@@H]1C=CCN1S(=O)(=O)c1ccc(F)cc1.